The summed E-state index contributed by atoms with van der Waals surface area (Å²) in [6.45, 7) is 12.4. The number of rotatable bonds is 5. The smallest absolute Gasteiger partial charge is 0.344 e. The van der Waals surface area contributed by atoms with E-state index in [2.05, 4.69) is 49.7 Å². The molecule has 2 aliphatic rings. The summed E-state index contributed by atoms with van der Waals surface area (Å²) < 4.78 is 5.16. The van der Waals surface area contributed by atoms with Gasteiger partial charge in [-0.25, -0.2) is 9.79 Å². The largest absolute Gasteiger partial charge is 0.506 e. The number of aryl methyl sites for hydroxylation is 1. The predicted octanol–water partition coefficient (Wildman–Crippen LogP) is 6.59. The maximum absolute atomic E-state index is 13.0. The quantitative estimate of drug-likeness (QED) is 0.450. The molecule has 1 fully saturated rings. The fraction of sp³-hybridized carbons (Fsp3) is 0.367. The molecule has 2 aromatic carbocycles. The molecular weight excluding hydrogens is 484 g/mol. The zero-order valence-electron chi connectivity index (χ0n) is 22.1. The van der Waals surface area contributed by atoms with Crippen molar-refractivity contribution in [2.45, 2.75) is 52.9 Å². The summed E-state index contributed by atoms with van der Waals surface area (Å²) in [6, 6.07) is 13.5. The van der Waals surface area contributed by atoms with Gasteiger partial charge in [0.25, 0.3) is 5.91 Å². The van der Waals surface area contributed by atoms with Crippen LogP contribution in [0.1, 0.15) is 67.6 Å². The van der Waals surface area contributed by atoms with E-state index in [1.807, 2.05) is 24.3 Å². The van der Waals surface area contributed by atoms with Crippen LogP contribution in [-0.4, -0.2) is 41.7 Å². The minimum atomic E-state index is -0.703. The Bertz CT molecular complexity index is 1290. The molecule has 4 rings (SSSR count). The number of hydrogen-bond acceptors (Lipinski definition) is 6. The van der Waals surface area contributed by atoms with E-state index < -0.39 is 11.9 Å². The molecule has 0 radical (unpaired) electrons. The maximum atomic E-state index is 13.0. The van der Waals surface area contributed by atoms with Crippen molar-refractivity contribution in [1.82, 2.24) is 0 Å². The van der Waals surface area contributed by atoms with Gasteiger partial charge < -0.3 is 14.7 Å². The second-order valence-corrected chi connectivity index (χ2v) is 11.4. The number of aliphatic hydroxyl groups excluding tert-OH is 1. The first-order valence-electron chi connectivity index (χ1n) is 12.7. The Hall–Kier alpha value is -3.32. The molecule has 0 aliphatic carbocycles. The number of amides is 1. The van der Waals surface area contributed by atoms with E-state index in [9.17, 15) is 14.7 Å². The molecule has 1 amide bonds. The number of carbonyl (C=O) groups excluding carboxylic acids is 2. The second-order valence-electron chi connectivity index (χ2n) is 10.3. The van der Waals surface area contributed by atoms with Crippen LogP contribution in [0.5, 0.6) is 0 Å². The van der Waals surface area contributed by atoms with Gasteiger partial charge >= 0.3 is 5.97 Å². The van der Waals surface area contributed by atoms with Crippen LogP contribution in [0.3, 0.4) is 0 Å². The normalized spacial score (nSPS) is 18.2. The highest BCUT2D eigenvalue weighted by atomic mass is 32.2. The second kappa shape index (κ2) is 11.0. The molecule has 37 heavy (non-hydrogen) atoms. The zero-order chi connectivity index (χ0) is 26.7. The number of hydrogen-bond donors (Lipinski definition) is 1. The van der Waals surface area contributed by atoms with E-state index in [1.54, 1.807) is 19.1 Å². The minimum Gasteiger partial charge on any atom is -0.506 e. The Morgan fingerprint density at radius 2 is 1.78 bits per heavy atom. The van der Waals surface area contributed by atoms with Crippen LogP contribution in [0.25, 0.3) is 6.08 Å². The molecule has 0 aromatic heterocycles. The first-order chi connectivity index (χ1) is 17.6. The lowest BCUT2D eigenvalue weighted by atomic mass is 9.87. The van der Waals surface area contributed by atoms with Gasteiger partial charge in [-0.1, -0.05) is 50.7 Å². The summed E-state index contributed by atoms with van der Waals surface area (Å²) >= 11 is 1.10. The number of anilines is 1. The molecule has 2 heterocycles. The molecule has 2 aromatic rings. The maximum Gasteiger partial charge on any atom is 0.344 e. The summed E-state index contributed by atoms with van der Waals surface area (Å²) in [5.41, 5.74) is 4.66. The van der Waals surface area contributed by atoms with Crippen LogP contribution >= 0.6 is 11.8 Å². The molecule has 1 N–H and O–H groups in total. The van der Waals surface area contributed by atoms with Crippen LogP contribution in [-0.2, 0) is 14.9 Å². The van der Waals surface area contributed by atoms with Crippen molar-refractivity contribution in [2.75, 3.05) is 24.6 Å². The van der Waals surface area contributed by atoms with Gasteiger partial charge in [0.05, 0.1) is 11.5 Å². The molecule has 0 bridgehead atoms. The highest BCUT2D eigenvalue weighted by molar-refractivity contribution is 8.18. The third-order valence-corrected chi connectivity index (χ3v) is 7.56. The van der Waals surface area contributed by atoms with Crippen LogP contribution in [0.4, 0.5) is 5.69 Å². The number of thioether (sulfide) groups is 1. The summed E-state index contributed by atoms with van der Waals surface area (Å²) in [5.74, 6) is -1.41. The van der Waals surface area contributed by atoms with Crippen molar-refractivity contribution < 1.29 is 19.4 Å². The van der Waals surface area contributed by atoms with E-state index >= 15 is 0 Å². The van der Waals surface area contributed by atoms with Crippen molar-refractivity contribution in [1.29, 1.82) is 0 Å². The molecular formula is C30H34N2O4S. The SMILES string of the molecule is CCOC(=O)C1=C(O)/C(=C\c2ccc(N3CCCC3)c(C)c2)SC1=NC(=O)c1ccc(C(C)(C)C)cc1. The summed E-state index contributed by atoms with van der Waals surface area (Å²) in [4.78, 5) is 32.8. The highest BCUT2D eigenvalue weighted by Gasteiger charge is 2.34. The van der Waals surface area contributed by atoms with E-state index in [4.69, 9.17) is 4.74 Å². The summed E-state index contributed by atoms with van der Waals surface area (Å²) in [7, 11) is 0. The van der Waals surface area contributed by atoms with Gasteiger partial charge in [-0.2, -0.15) is 0 Å². The van der Waals surface area contributed by atoms with Crippen LogP contribution in [0.15, 0.2) is 63.7 Å². The average molecular weight is 519 g/mol. The molecule has 0 atom stereocenters. The van der Waals surface area contributed by atoms with E-state index in [1.165, 1.54) is 18.5 Å². The minimum absolute atomic E-state index is 0.0366. The Morgan fingerprint density at radius 3 is 2.38 bits per heavy atom. The molecule has 0 spiro atoms. The van der Waals surface area contributed by atoms with Gasteiger partial charge in [0.1, 0.15) is 16.4 Å². The number of carbonyl (C=O) groups is 2. The summed E-state index contributed by atoms with van der Waals surface area (Å²) in [5, 5.41) is 11.1. The highest BCUT2D eigenvalue weighted by Crippen LogP contribution is 2.40. The Morgan fingerprint density at radius 1 is 1.11 bits per heavy atom. The Balaban J connectivity index is 1.64. The van der Waals surface area contributed by atoms with E-state index in [0.29, 0.717) is 10.5 Å². The predicted molar refractivity (Wildman–Crippen MR) is 151 cm³/mol. The zero-order valence-corrected chi connectivity index (χ0v) is 22.9. The number of aliphatic hydroxyl groups is 1. The Kier molecular flexibility index (Phi) is 7.93. The van der Waals surface area contributed by atoms with Gasteiger partial charge in [0.15, 0.2) is 0 Å². The van der Waals surface area contributed by atoms with Crippen LogP contribution in [0.2, 0.25) is 0 Å². The van der Waals surface area contributed by atoms with E-state index in [-0.39, 0.29) is 28.4 Å². The number of aliphatic imine (C=N–C) groups is 1. The monoisotopic (exact) mass is 518 g/mol. The topological polar surface area (TPSA) is 79.2 Å². The van der Waals surface area contributed by atoms with Gasteiger partial charge in [0.2, 0.25) is 0 Å². The number of nitrogens with zero attached hydrogens (tertiary/aromatic N) is 2. The first kappa shape index (κ1) is 26.7. The first-order valence-corrected chi connectivity index (χ1v) is 13.5. The van der Waals surface area contributed by atoms with Crippen LogP contribution < -0.4 is 4.90 Å². The standard InChI is InChI=1S/C30H34N2O4S/c1-6-36-29(35)25-26(33)24(18-20-9-14-23(19(2)17-20)32-15-7-8-16-32)37-28(25)31-27(34)21-10-12-22(13-11-21)30(3,4)5/h9-14,17-18,33H,6-8,15-16H2,1-5H3/b24-18+,31-28?. The number of esters is 1. The number of ether oxygens (including phenoxy) is 1. The third kappa shape index (κ3) is 5.99. The molecule has 194 valence electrons. The van der Waals surface area contributed by atoms with Crippen molar-refractivity contribution in [3.8, 4) is 0 Å². The third-order valence-electron chi connectivity index (χ3n) is 6.54. The average Bonchev–Trinajstić information content (AvgIpc) is 3.47. The molecule has 6 nitrogen and oxygen atoms in total. The van der Waals surface area contributed by atoms with E-state index in [0.717, 1.165) is 41.5 Å². The lowest BCUT2D eigenvalue weighted by Crippen LogP contribution is -2.18. The molecule has 0 unspecified atom stereocenters. The van der Waals surface area contributed by atoms with Gasteiger partial charge in [-0.15, -0.1) is 0 Å². The molecule has 0 saturated carbocycles. The lowest BCUT2D eigenvalue weighted by molar-refractivity contribution is -0.138. The summed E-state index contributed by atoms with van der Waals surface area (Å²) in [6.07, 6.45) is 4.22. The van der Waals surface area contributed by atoms with Crippen molar-refractivity contribution in [2.24, 2.45) is 4.99 Å². The van der Waals surface area contributed by atoms with Crippen LogP contribution in [0, 0.1) is 6.92 Å². The van der Waals surface area contributed by atoms with Crippen molar-refractivity contribution in [3.63, 3.8) is 0 Å². The molecule has 1 saturated heterocycles. The lowest BCUT2D eigenvalue weighted by Gasteiger charge is -2.20. The number of benzene rings is 2. The molecule has 2 aliphatic heterocycles. The molecule has 7 heteroatoms. The van der Waals surface area contributed by atoms with Crippen molar-refractivity contribution >= 4 is 40.4 Å². The van der Waals surface area contributed by atoms with Gasteiger partial charge in [0, 0.05) is 24.3 Å². The van der Waals surface area contributed by atoms with Gasteiger partial charge in [-0.3, -0.25) is 4.79 Å². The fourth-order valence-electron chi connectivity index (χ4n) is 4.49. The van der Waals surface area contributed by atoms with Gasteiger partial charge in [-0.05, 0) is 79.1 Å². The Labute approximate surface area is 223 Å². The fourth-order valence-corrected chi connectivity index (χ4v) is 5.51. The van der Waals surface area contributed by atoms with Crippen molar-refractivity contribution in [3.05, 3.63) is 81.0 Å².